The highest BCUT2D eigenvalue weighted by Gasteiger charge is 2.36. The number of aryl methyl sites for hydroxylation is 1. The first-order valence-corrected chi connectivity index (χ1v) is 9.79. The van der Waals surface area contributed by atoms with Crippen LogP contribution in [0.2, 0.25) is 0 Å². The number of pyridine rings is 1. The molecule has 5 rings (SSSR count). The van der Waals surface area contributed by atoms with Crippen LogP contribution in [-0.4, -0.2) is 25.7 Å². The van der Waals surface area contributed by atoms with E-state index in [4.69, 9.17) is 0 Å². The van der Waals surface area contributed by atoms with E-state index in [9.17, 15) is 4.79 Å². The van der Waals surface area contributed by atoms with Gasteiger partial charge in [-0.3, -0.25) is 14.5 Å². The van der Waals surface area contributed by atoms with Crippen LogP contribution in [0.4, 0.5) is 0 Å². The third-order valence-corrected chi connectivity index (χ3v) is 5.67. The Labute approximate surface area is 169 Å². The maximum Gasteiger partial charge on any atom is 0.251 e. The molecule has 29 heavy (non-hydrogen) atoms. The molecule has 6 nitrogen and oxygen atoms in total. The van der Waals surface area contributed by atoms with Gasteiger partial charge in [-0.25, -0.2) is 0 Å². The lowest BCUT2D eigenvalue weighted by Gasteiger charge is -2.29. The van der Waals surface area contributed by atoms with Crippen molar-refractivity contribution < 1.29 is 4.79 Å². The average Bonchev–Trinajstić information content (AvgIpc) is 3.26. The van der Waals surface area contributed by atoms with Crippen LogP contribution in [-0.2, 0) is 25.4 Å². The van der Waals surface area contributed by atoms with E-state index in [-0.39, 0.29) is 11.3 Å². The fraction of sp³-hybridized carbons (Fsp3) is 0.261. The molecule has 0 aliphatic heterocycles. The summed E-state index contributed by atoms with van der Waals surface area (Å²) in [4.78, 5) is 20.6. The molecule has 1 aromatic carbocycles. The van der Waals surface area contributed by atoms with Crippen molar-refractivity contribution in [2.24, 2.45) is 7.05 Å². The van der Waals surface area contributed by atoms with Gasteiger partial charge in [-0.2, -0.15) is 5.10 Å². The average molecular weight is 385 g/mol. The van der Waals surface area contributed by atoms with Crippen LogP contribution in [0.3, 0.4) is 0 Å². The van der Waals surface area contributed by atoms with Gasteiger partial charge in [0.1, 0.15) is 5.69 Å². The second-order valence-corrected chi connectivity index (χ2v) is 8.38. The molecule has 6 heteroatoms. The number of rotatable bonds is 3. The fourth-order valence-corrected chi connectivity index (χ4v) is 4.43. The molecule has 146 valence electrons. The molecule has 0 spiro atoms. The van der Waals surface area contributed by atoms with Crippen LogP contribution in [0.1, 0.15) is 41.0 Å². The van der Waals surface area contributed by atoms with Gasteiger partial charge in [-0.15, -0.1) is 0 Å². The van der Waals surface area contributed by atoms with E-state index < -0.39 is 0 Å². The van der Waals surface area contributed by atoms with Crippen molar-refractivity contribution in [3.05, 3.63) is 71.2 Å². The number of carbonyl (C=O) groups excluding carboxylic acids is 1. The summed E-state index contributed by atoms with van der Waals surface area (Å²) in [6, 6.07) is 11.5. The highest BCUT2D eigenvalue weighted by molar-refractivity contribution is 6.01. The highest BCUT2D eigenvalue weighted by atomic mass is 16.1. The van der Waals surface area contributed by atoms with Gasteiger partial charge < -0.3 is 10.3 Å². The highest BCUT2D eigenvalue weighted by Crippen LogP contribution is 2.45. The maximum absolute atomic E-state index is 12.7. The largest absolute Gasteiger partial charge is 0.353 e. The van der Waals surface area contributed by atoms with Gasteiger partial charge in [0.15, 0.2) is 0 Å². The van der Waals surface area contributed by atoms with E-state index in [0.717, 1.165) is 34.4 Å². The Hall–Kier alpha value is -3.41. The van der Waals surface area contributed by atoms with Gasteiger partial charge in [-0.1, -0.05) is 19.9 Å². The summed E-state index contributed by atoms with van der Waals surface area (Å²) in [7, 11) is 1.96. The van der Waals surface area contributed by atoms with Crippen molar-refractivity contribution >= 4 is 16.8 Å². The molecule has 0 fully saturated rings. The van der Waals surface area contributed by atoms with Gasteiger partial charge in [0.25, 0.3) is 5.91 Å². The standard InChI is InChI=1S/C23H23N5O/c1-23(2)11-15-13-28(3)27-20(15)21-19(23)17-10-14(7-8-18(17)26-21)22(29)25-12-16-6-4-5-9-24-16/h4-10,13,26H,11-12H2,1-3H3,(H,25,29). The van der Waals surface area contributed by atoms with Crippen molar-refractivity contribution in [1.29, 1.82) is 0 Å². The van der Waals surface area contributed by atoms with Crippen molar-refractivity contribution in [3.63, 3.8) is 0 Å². The summed E-state index contributed by atoms with van der Waals surface area (Å²) in [5.41, 5.74) is 7.04. The Morgan fingerprint density at radius 1 is 1.28 bits per heavy atom. The first kappa shape index (κ1) is 17.7. The summed E-state index contributed by atoms with van der Waals surface area (Å²) in [6.07, 6.45) is 4.75. The Kier molecular flexibility index (Phi) is 3.84. The maximum atomic E-state index is 12.7. The van der Waals surface area contributed by atoms with E-state index >= 15 is 0 Å². The molecular weight excluding hydrogens is 362 g/mol. The number of amides is 1. The Balaban J connectivity index is 1.54. The van der Waals surface area contributed by atoms with Crippen LogP contribution in [0.5, 0.6) is 0 Å². The first-order valence-electron chi connectivity index (χ1n) is 9.79. The van der Waals surface area contributed by atoms with Crippen LogP contribution in [0, 0.1) is 0 Å². The predicted octanol–water partition coefficient (Wildman–Crippen LogP) is 3.73. The number of fused-ring (bicyclic) bond motifs is 5. The molecular formula is C23H23N5O. The number of nitrogens with zero attached hydrogens (tertiary/aromatic N) is 3. The zero-order valence-corrected chi connectivity index (χ0v) is 16.8. The monoisotopic (exact) mass is 385 g/mol. The normalized spacial score (nSPS) is 14.4. The summed E-state index contributed by atoms with van der Waals surface area (Å²) in [5.74, 6) is -0.0976. The zero-order valence-electron chi connectivity index (χ0n) is 16.8. The molecule has 0 bridgehead atoms. The topological polar surface area (TPSA) is 75.6 Å². The van der Waals surface area contributed by atoms with Gasteiger partial charge >= 0.3 is 0 Å². The number of aromatic nitrogens is 4. The Bertz CT molecular complexity index is 1230. The van der Waals surface area contributed by atoms with Crippen LogP contribution < -0.4 is 5.32 Å². The summed E-state index contributed by atoms with van der Waals surface area (Å²) in [5, 5.41) is 8.73. The number of hydrogen-bond acceptors (Lipinski definition) is 3. The van der Waals surface area contributed by atoms with Gasteiger partial charge in [-0.05, 0) is 47.7 Å². The Morgan fingerprint density at radius 3 is 2.93 bits per heavy atom. The molecule has 0 radical (unpaired) electrons. The number of hydrogen-bond donors (Lipinski definition) is 2. The molecule has 1 aliphatic carbocycles. The van der Waals surface area contributed by atoms with Crippen LogP contribution in [0.25, 0.3) is 22.3 Å². The molecule has 0 saturated carbocycles. The molecule has 4 aromatic rings. The lowest BCUT2D eigenvalue weighted by molar-refractivity contribution is 0.0950. The molecule has 0 saturated heterocycles. The number of benzene rings is 1. The van der Waals surface area contributed by atoms with E-state index in [0.29, 0.717) is 12.1 Å². The minimum absolute atomic E-state index is 0.0489. The fourth-order valence-electron chi connectivity index (χ4n) is 4.43. The van der Waals surface area contributed by atoms with Crippen molar-refractivity contribution in [2.75, 3.05) is 0 Å². The minimum Gasteiger partial charge on any atom is -0.353 e. The lowest BCUT2D eigenvalue weighted by Crippen LogP contribution is -2.25. The summed E-state index contributed by atoms with van der Waals surface area (Å²) >= 11 is 0. The Morgan fingerprint density at radius 2 is 2.14 bits per heavy atom. The molecule has 1 aliphatic rings. The zero-order chi connectivity index (χ0) is 20.2. The van der Waals surface area contributed by atoms with E-state index in [2.05, 4.69) is 40.4 Å². The quantitative estimate of drug-likeness (QED) is 0.564. The third-order valence-electron chi connectivity index (χ3n) is 5.67. The second kappa shape index (κ2) is 6.30. The molecule has 0 atom stereocenters. The van der Waals surface area contributed by atoms with E-state index in [1.54, 1.807) is 6.20 Å². The molecule has 0 unspecified atom stereocenters. The van der Waals surface area contributed by atoms with Gasteiger partial charge in [0.05, 0.1) is 17.9 Å². The van der Waals surface area contributed by atoms with Crippen molar-refractivity contribution in [2.45, 2.75) is 32.2 Å². The number of nitrogens with one attached hydrogen (secondary N) is 2. The number of carbonyl (C=O) groups is 1. The molecule has 2 N–H and O–H groups in total. The van der Waals surface area contributed by atoms with Crippen LogP contribution in [0.15, 0.2) is 48.8 Å². The second-order valence-electron chi connectivity index (χ2n) is 8.38. The first-order chi connectivity index (χ1) is 13.9. The SMILES string of the molecule is Cn1cc2c(n1)-c1[nH]c3ccc(C(=O)NCc4ccccn4)cc3c1C(C)(C)C2. The molecule has 1 amide bonds. The smallest absolute Gasteiger partial charge is 0.251 e. The van der Waals surface area contributed by atoms with Gasteiger partial charge in [0, 0.05) is 41.5 Å². The number of H-pyrrole nitrogens is 1. The molecule has 3 aromatic heterocycles. The predicted molar refractivity (Wildman–Crippen MR) is 113 cm³/mol. The summed E-state index contributed by atoms with van der Waals surface area (Å²) in [6.45, 7) is 4.91. The van der Waals surface area contributed by atoms with Crippen LogP contribution >= 0.6 is 0 Å². The van der Waals surface area contributed by atoms with Crippen molar-refractivity contribution in [3.8, 4) is 11.4 Å². The minimum atomic E-state index is -0.0976. The molecule has 3 heterocycles. The third kappa shape index (κ3) is 2.92. The van der Waals surface area contributed by atoms with Gasteiger partial charge in [0.2, 0.25) is 0 Å². The number of aromatic amines is 1. The summed E-state index contributed by atoms with van der Waals surface area (Å²) < 4.78 is 1.87. The van der Waals surface area contributed by atoms with E-state index in [1.807, 2.05) is 48.1 Å². The van der Waals surface area contributed by atoms with E-state index in [1.165, 1.54) is 11.1 Å². The van der Waals surface area contributed by atoms with Crippen molar-refractivity contribution in [1.82, 2.24) is 25.1 Å². The lowest BCUT2D eigenvalue weighted by atomic mass is 9.73.